The van der Waals surface area contributed by atoms with Gasteiger partial charge in [-0.15, -0.1) is 0 Å². The summed E-state index contributed by atoms with van der Waals surface area (Å²) in [6.07, 6.45) is 0. The summed E-state index contributed by atoms with van der Waals surface area (Å²) in [5.41, 5.74) is 2.93. The topological polar surface area (TPSA) is 29.1 Å². The first-order chi connectivity index (χ1) is 8.65. The molecule has 0 radical (unpaired) electrons. The SMILES string of the molecule is Cc1ccc(NCC(=O)c2ccc(I)cc2)cc1. The van der Waals surface area contributed by atoms with Crippen LogP contribution in [0.3, 0.4) is 0 Å². The number of halogens is 1. The fourth-order valence-corrected chi connectivity index (χ4v) is 1.95. The van der Waals surface area contributed by atoms with Crippen molar-refractivity contribution >= 4 is 34.1 Å². The molecule has 0 aliphatic rings. The number of nitrogens with one attached hydrogen (secondary N) is 1. The summed E-state index contributed by atoms with van der Waals surface area (Å²) >= 11 is 2.23. The van der Waals surface area contributed by atoms with E-state index in [9.17, 15) is 4.79 Å². The highest BCUT2D eigenvalue weighted by Gasteiger charge is 2.04. The molecule has 0 aliphatic heterocycles. The molecule has 0 aliphatic carbocycles. The molecule has 0 amide bonds. The first kappa shape index (κ1) is 13.1. The maximum absolute atomic E-state index is 11.9. The number of hydrogen-bond acceptors (Lipinski definition) is 2. The van der Waals surface area contributed by atoms with Gasteiger partial charge in [0.15, 0.2) is 5.78 Å². The Hall–Kier alpha value is -1.36. The summed E-state index contributed by atoms with van der Waals surface area (Å²) in [6.45, 7) is 2.37. The molecule has 0 aromatic heterocycles. The minimum atomic E-state index is 0.104. The van der Waals surface area contributed by atoms with Gasteiger partial charge in [-0.2, -0.15) is 0 Å². The molecule has 0 atom stereocenters. The molecular weight excluding hydrogens is 337 g/mol. The van der Waals surface area contributed by atoms with Crippen LogP contribution in [0.5, 0.6) is 0 Å². The lowest BCUT2D eigenvalue weighted by molar-refractivity contribution is 0.101. The van der Waals surface area contributed by atoms with Gasteiger partial charge in [0, 0.05) is 14.8 Å². The molecule has 2 rings (SSSR count). The van der Waals surface area contributed by atoms with Gasteiger partial charge in [-0.25, -0.2) is 0 Å². The Labute approximate surface area is 121 Å². The van der Waals surface area contributed by atoms with Crippen LogP contribution in [0.25, 0.3) is 0 Å². The van der Waals surface area contributed by atoms with Crippen molar-refractivity contribution in [3.63, 3.8) is 0 Å². The van der Waals surface area contributed by atoms with Gasteiger partial charge in [0.05, 0.1) is 6.54 Å². The molecule has 0 saturated heterocycles. The molecule has 0 saturated carbocycles. The van der Waals surface area contributed by atoms with Crippen LogP contribution in [0.4, 0.5) is 5.69 Å². The summed E-state index contributed by atoms with van der Waals surface area (Å²) in [5, 5.41) is 3.13. The Morgan fingerprint density at radius 3 is 2.28 bits per heavy atom. The highest BCUT2D eigenvalue weighted by atomic mass is 127. The Kier molecular flexibility index (Phi) is 4.36. The van der Waals surface area contributed by atoms with Crippen molar-refractivity contribution in [3.05, 3.63) is 63.2 Å². The van der Waals surface area contributed by atoms with E-state index >= 15 is 0 Å². The van der Waals surface area contributed by atoms with Crippen LogP contribution < -0.4 is 5.32 Å². The molecule has 2 nitrogen and oxygen atoms in total. The predicted molar refractivity (Wildman–Crippen MR) is 83.2 cm³/mol. The van der Waals surface area contributed by atoms with Crippen molar-refractivity contribution in [1.29, 1.82) is 0 Å². The minimum Gasteiger partial charge on any atom is -0.378 e. The van der Waals surface area contributed by atoms with E-state index in [0.717, 1.165) is 14.8 Å². The Morgan fingerprint density at radius 1 is 1.06 bits per heavy atom. The summed E-state index contributed by atoms with van der Waals surface area (Å²) < 4.78 is 1.13. The van der Waals surface area contributed by atoms with Crippen molar-refractivity contribution in [2.45, 2.75) is 6.92 Å². The lowest BCUT2D eigenvalue weighted by Crippen LogP contribution is -2.13. The highest BCUT2D eigenvalue weighted by Crippen LogP contribution is 2.10. The van der Waals surface area contributed by atoms with Crippen molar-refractivity contribution in [2.24, 2.45) is 0 Å². The second-order valence-corrected chi connectivity index (χ2v) is 5.40. The molecule has 1 N–H and O–H groups in total. The zero-order chi connectivity index (χ0) is 13.0. The average Bonchev–Trinajstić information content (AvgIpc) is 2.38. The third-order valence-electron chi connectivity index (χ3n) is 2.67. The Balaban J connectivity index is 1.96. The summed E-state index contributed by atoms with van der Waals surface area (Å²) in [4.78, 5) is 11.9. The third kappa shape index (κ3) is 3.57. The van der Waals surface area contributed by atoms with Crippen molar-refractivity contribution in [1.82, 2.24) is 0 Å². The molecule has 2 aromatic rings. The van der Waals surface area contributed by atoms with Gasteiger partial charge < -0.3 is 5.32 Å². The average molecular weight is 351 g/mol. The van der Waals surface area contributed by atoms with Crippen LogP contribution in [-0.4, -0.2) is 12.3 Å². The summed E-state index contributed by atoms with van der Waals surface area (Å²) in [7, 11) is 0. The second-order valence-electron chi connectivity index (χ2n) is 4.15. The summed E-state index contributed by atoms with van der Waals surface area (Å²) in [5.74, 6) is 0.104. The van der Waals surface area contributed by atoms with Gasteiger partial charge >= 0.3 is 0 Å². The Morgan fingerprint density at radius 2 is 1.67 bits per heavy atom. The van der Waals surface area contributed by atoms with Gasteiger partial charge in [-0.3, -0.25) is 4.79 Å². The van der Waals surface area contributed by atoms with E-state index in [2.05, 4.69) is 27.9 Å². The number of hydrogen-bond donors (Lipinski definition) is 1. The van der Waals surface area contributed by atoms with Crippen molar-refractivity contribution in [3.8, 4) is 0 Å². The van der Waals surface area contributed by atoms with Gasteiger partial charge in [0.1, 0.15) is 0 Å². The van der Waals surface area contributed by atoms with Crippen LogP contribution in [0.2, 0.25) is 0 Å². The maximum Gasteiger partial charge on any atom is 0.181 e. The molecule has 92 valence electrons. The molecule has 0 unspecified atom stereocenters. The van der Waals surface area contributed by atoms with E-state index < -0.39 is 0 Å². The number of anilines is 1. The van der Waals surface area contributed by atoms with Crippen LogP contribution >= 0.6 is 22.6 Å². The number of ketones is 1. The molecule has 0 fully saturated rings. The number of rotatable bonds is 4. The monoisotopic (exact) mass is 351 g/mol. The first-order valence-electron chi connectivity index (χ1n) is 5.74. The lowest BCUT2D eigenvalue weighted by atomic mass is 10.1. The van der Waals surface area contributed by atoms with Gasteiger partial charge in [-0.05, 0) is 53.8 Å². The van der Waals surface area contributed by atoms with E-state index in [-0.39, 0.29) is 5.78 Å². The van der Waals surface area contributed by atoms with Crippen LogP contribution in [-0.2, 0) is 0 Å². The third-order valence-corrected chi connectivity index (χ3v) is 3.39. The van der Waals surface area contributed by atoms with Crippen molar-refractivity contribution in [2.75, 3.05) is 11.9 Å². The first-order valence-corrected chi connectivity index (χ1v) is 6.82. The second kappa shape index (κ2) is 6.00. The molecule has 0 spiro atoms. The minimum absolute atomic E-state index is 0.104. The smallest absolute Gasteiger partial charge is 0.181 e. The number of aryl methyl sites for hydroxylation is 1. The highest BCUT2D eigenvalue weighted by molar-refractivity contribution is 14.1. The van der Waals surface area contributed by atoms with E-state index in [4.69, 9.17) is 0 Å². The molecule has 0 heterocycles. The van der Waals surface area contributed by atoms with Crippen molar-refractivity contribution < 1.29 is 4.79 Å². The van der Waals surface area contributed by atoms with E-state index in [1.807, 2.05) is 55.5 Å². The number of carbonyl (C=O) groups is 1. The standard InChI is InChI=1S/C15H14INO/c1-11-2-8-14(9-3-11)17-10-15(18)12-4-6-13(16)7-5-12/h2-9,17H,10H2,1H3. The van der Waals surface area contributed by atoms with Gasteiger partial charge in [-0.1, -0.05) is 29.8 Å². The molecule has 18 heavy (non-hydrogen) atoms. The van der Waals surface area contributed by atoms with Gasteiger partial charge in [0.25, 0.3) is 0 Å². The molecule has 2 aromatic carbocycles. The van der Waals surface area contributed by atoms with Crippen LogP contribution in [0, 0.1) is 10.5 Å². The van der Waals surface area contributed by atoms with E-state index in [0.29, 0.717) is 6.54 Å². The number of carbonyl (C=O) groups excluding carboxylic acids is 1. The van der Waals surface area contributed by atoms with Gasteiger partial charge in [0.2, 0.25) is 0 Å². The van der Waals surface area contributed by atoms with Crippen LogP contribution in [0.15, 0.2) is 48.5 Å². The predicted octanol–water partition coefficient (Wildman–Crippen LogP) is 3.89. The largest absolute Gasteiger partial charge is 0.378 e. The Bertz CT molecular complexity index is 531. The number of Topliss-reactive ketones (excluding diaryl/α,β-unsaturated/α-hetero) is 1. The molecule has 3 heteroatoms. The van der Waals surface area contributed by atoms with E-state index in [1.54, 1.807) is 0 Å². The normalized spacial score (nSPS) is 10.1. The number of benzene rings is 2. The fourth-order valence-electron chi connectivity index (χ4n) is 1.59. The zero-order valence-corrected chi connectivity index (χ0v) is 12.3. The van der Waals surface area contributed by atoms with Crippen LogP contribution in [0.1, 0.15) is 15.9 Å². The fraction of sp³-hybridized carbons (Fsp3) is 0.133. The zero-order valence-electron chi connectivity index (χ0n) is 10.1. The quantitative estimate of drug-likeness (QED) is 0.669. The lowest BCUT2D eigenvalue weighted by Gasteiger charge is -2.06. The van der Waals surface area contributed by atoms with E-state index in [1.165, 1.54) is 5.56 Å². The molecular formula is C15H14INO. The summed E-state index contributed by atoms with van der Waals surface area (Å²) in [6, 6.07) is 15.6. The molecule has 0 bridgehead atoms. The maximum atomic E-state index is 11.9.